The Labute approximate surface area is 155 Å². The Morgan fingerprint density at radius 2 is 1.81 bits per heavy atom. The number of rotatable bonds is 6. The summed E-state index contributed by atoms with van der Waals surface area (Å²) in [6.45, 7) is 0.540. The van der Waals surface area contributed by atoms with Crippen LogP contribution in [-0.2, 0) is 11.3 Å². The maximum absolute atomic E-state index is 13.3. The minimum Gasteiger partial charge on any atom is -0.508 e. The highest BCUT2D eigenvalue weighted by Gasteiger charge is 2.46. The summed E-state index contributed by atoms with van der Waals surface area (Å²) in [4.78, 5) is 13.3. The Balaban J connectivity index is 1.85. The summed E-state index contributed by atoms with van der Waals surface area (Å²) in [6.07, 6.45) is 4.99. The molecule has 0 saturated heterocycles. The van der Waals surface area contributed by atoms with Crippen molar-refractivity contribution in [1.29, 1.82) is 0 Å². The molecule has 138 valence electrons. The predicted octanol–water partition coefficient (Wildman–Crippen LogP) is 3.92. The minimum absolute atomic E-state index is 0.101. The molecule has 2 aromatic carbocycles. The molecule has 26 heavy (non-hydrogen) atoms. The second-order valence-corrected chi connectivity index (χ2v) is 7.20. The van der Waals surface area contributed by atoms with Crippen molar-refractivity contribution in [2.45, 2.75) is 44.7 Å². The molecule has 0 spiro atoms. The van der Waals surface area contributed by atoms with Crippen LogP contribution in [0.15, 0.2) is 54.6 Å². The lowest BCUT2D eigenvalue weighted by Gasteiger charge is -2.42. The Hall–Kier alpha value is -2.33. The van der Waals surface area contributed by atoms with Crippen LogP contribution in [0.3, 0.4) is 0 Å². The molecular weight excluding hydrogens is 324 g/mol. The summed E-state index contributed by atoms with van der Waals surface area (Å²) < 4.78 is 0. The second-order valence-electron chi connectivity index (χ2n) is 7.20. The van der Waals surface area contributed by atoms with E-state index in [1.807, 2.05) is 49.5 Å². The predicted molar refractivity (Wildman–Crippen MR) is 104 cm³/mol. The third-order valence-corrected chi connectivity index (χ3v) is 5.54. The van der Waals surface area contributed by atoms with Crippen LogP contribution in [-0.4, -0.2) is 18.1 Å². The number of carbonyl (C=O) groups is 1. The normalized spacial score (nSPS) is 17.4. The van der Waals surface area contributed by atoms with E-state index in [-0.39, 0.29) is 17.7 Å². The molecule has 0 radical (unpaired) electrons. The van der Waals surface area contributed by atoms with E-state index >= 15 is 0 Å². The number of nitrogens with one attached hydrogen (secondary N) is 2. The fraction of sp³-hybridized carbons (Fsp3) is 0.409. The average Bonchev–Trinajstić information content (AvgIpc) is 2.68. The molecule has 1 aliphatic rings. The fourth-order valence-electron chi connectivity index (χ4n) is 4.25. The van der Waals surface area contributed by atoms with Crippen molar-refractivity contribution in [1.82, 2.24) is 10.6 Å². The molecule has 2 aromatic rings. The van der Waals surface area contributed by atoms with Crippen LogP contribution in [0.25, 0.3) is 0 Å². The lowest BCUT2D eigenvalue weighted by atomic mass is 9.66. The monoisotopic (exact) mass is 352 g/mol. The second kappa shape index (κ2) is 8.37. The van der Waals surface area contributed by atoms with Gasteiger partial charge in [-0.25, -0.2) is 0 Å². The first kappa shape index (κ1) is 18.5. The molecule has 0 heterocycles. The molecule has 3 N–H and O–H groups in total. The van der Waals surface area contributed by atoms with Crippen molar-refractivity contribution >= 4 is 5.91 Å². The molecule has 0 aromatic heterocycles. The Bertz CT molecular complexity index is 724. The zero-order valence-electron chi connectivity index (χ0n) is 15.4. The number of phenolic OH excluding ortho intramolecular Hbond substituents is 1. The zero-order valence-corrected chi connectivity index (χ0v) is 15.4. The standard InChI is InChI=1S/C22H28N2O2/c1-23-20(18-11-8-12-19(25)15-18)22(13-6-3-7-14-22)21(26)24-16-17-9-4-2-5-10-17/h2,4-5,8-12,15,20,23,25H,3,6-7,13-14,16H2,1H3,(H,24,26). The van der Waals surface area contributed by atoms with Gasteiger partial charge < -0.3 is 15.7 Å². The first-order chi connectivity index (χ1) is 12.7. The van der Waals surface area contributed by atoms with E-state index in [0.717, 1.165) is 36.8 Å². The van der Waals surface area contributed by atoms with Gasteiger partial charge in [0.2, 0.25) is 5.91 Å². The van der Waals surface area contributed by atoms with Gasteiger partial charge in [-0.3, -0.25) is 4.79 Å². The van der Waals surface area contributed by atoms with E-state index in [9.17, 15) is 9.90 Å². The molecular formula is C22H28N2O2. The molecule has 1 saturated carbocycles. The number of hydrogen-bond acceptors (Lipinski definition) is 3. The van der Waals surface area contributed by atoms with Crippen LogP contribution >= 0.6 is 0 Å². The number of carbonyl (C=O) groups excluding carboxylic acids is 1. The van der Waals surface area contributed by atoms with Gasteiger partial charge in [-0.15, -0.1) is 0 Å². The van der Waals surface area contributed by atoms with Gasteiger partial charge in [-0.2, -0.15) is 0 Å². The van der Waals surface area contributed by atoms with E-state index in [1.165, 1.54) is 6.42 Å². The summed E-state index contributed by atoms with van der Waals surface area (Å²) >= 11 is 0. The summed E-state index contributed by atoms with van der Waals surface area (Å²) in [5.74, 6) is 0.335. The van der Waals surface area contributed by atoms with Crippen LogP contribution in [0.2, 0.25) is 0 Å². The first-order valence-corrected chi connectivity index (χ1v) is 9.44. The summed E-state index contributed by atoms with van der Waals surface area (Å²) in [5, 5.41) is 16.4. The summed E-state index contributed by atoms with van der Waals surface area (Å²) in [5.41, 5.74) is 1.57. The first-order valence-electron chi connectivity index (χ1n) is 9.44. The Morgan fingerprint density at radius 3 is 2.46 bits per heavy atom. The molecule has 4 heteroatoms. The van der Waals surface area contributed by atoms with Crippen molar-refractivity contribution in [2.24, 2.45) is 5.41 Å². The summed E-state index contributed by atoms with van der Waals surface area (Å²) in [6, 6.07) is 17.1. The molecule has 0 aliphatic heterocycles. The van der Waals surface area contributed by atoms with Gasteiger partial charge in [0.25, 0.3) is 0 Å². The molecule has 1 unspecified atom stereocenters. The van der Waals surface area contributed by atoms with Crippen molar-refractivity contribution < 1.29 is 9.90 Å². The van der Waals surface area contributed by atoms with Crippen LogP contribution in [0, 0.1) is 5.41 Å². The van der Waals surface area contributed by atoms with Gasteiger partial charge >= 0.3 is 0 Å². The minimum atomic E-state index is -0.491. The van der Waals surface area contributed by atoms with Gasteiger partial charge in [-0.05, 0) is 43.1 Å². The van der Waals surface area contributed by atoms with Crippen LogP contribution in [0.5, 0.6) is 5.75 Å². The third-order valence-electron chi connectivity index (χ3n) is 5.54. The van der Waals surface area contributed by atoms with Gasteiger partial charge in [0.05, 0.1) is 5.41 Å². The quantitative estimate of drug-likeness (QED) is 0.738. The smallest absolute Gasteiger partial charge is 0.228 e. The van der Waals surface area contributed by atoms with E-state index in [4.69, 9.17) is 0 Å². The highest BCUT2D eigenvalue weighted by Crippen LogP contribution is 2.46. The van der Waals surface area contributed by atoms with Crippen molar-refractivity contribution in [3.63, 3.8) is 0 Å². The van der Waals surface area contributed by atoms with Crippen LogP contribution in [0.4, 0.5) is 0 Å². The highest BCUT2D eigenvalue weighted by atomic mass is 16.3. The van der Waals surface area contributed by atoms with Crippen molar-refractivity contribution in [2.75, 3.05) is 7.05 Å². The van der Waals surface area contributed by atoms with Gasteiger partial charge in [0.15, 0.2) is 0 Å². The van der Waals surface area contributed by atoms with Crippen LogP contribution < -0.4 is 10.6 Å². The summed E-state index contributed by atoms with van der Waals surface area (Å²) in [7, 11) is 1.90. The van der Waals surface area contributed by atoms with E-state index in [1.54, 1.807) is 12.1 Å². The molecule has 1 amide bonds. The topological polar surface area (TPSA) is 61.4 Å². The van der Waals surface area contributed by atoms with Crippen LogP contribution in [0.1, 0.15) is 49.3 Å². The van der Waals surface area contributed by atoms with E-state index in [2.05, 4.69) is 10.6 Å². The molecule has 0 bridgehead atoms. The fourth-order valence-corrected chi connectivity index (χ4v) is 4.25. The number of phenols is 1. The van der Waals surface area contributed by atoms with Gasteiger partial charge in [0.1, 0.15) is 5.75 Å². The Kier molecular flexibility index (Phi) is 5.94. The molecule has 1 atom stereocenters. The van der Waals surface area contributed by atoms with Gasteiger partial charge in [0, 0.05) is 12.6 Å². The third kappa shape index (κ3) is 3.91. The lowest BCUT2D eigenvalue weighted by molar-refractivity contribution is -0.135. The van der Waals surface area contributed by atoms with E-state index in [0.29, 0.717) is 6.54 Å². The van der Waals surface area contributed by atoms with E-state index < -0.39 is 5.41 Å². The molecule has 4 nitrogen and oxygen atoms in total. The SMILES string of the molecule is CNC(c1cccc(O)c1)C1(C(=O)NCc2ccccc2)CCCCC1. The Morgan fingerprint density at radius 1 is 1.08 bits per heavy atom. The number of hydrogen-bond donors (Lipinski definition) is 3. The number of benzene rings is 2. The highest BCUT2D eigenvalue weighted by molar-refractivity contribution is 5.84. The molecule has 3 rings (SSSR count). The maximum atomic E-state index is 13.3. The maximum Gasteiger partial charge on any atom is 0.228 e. The average molecular weight is 352 g/mol. The van der Waals surface area contributed by atoms with Crippen molar-refractivity contribution in [3.05, 3.63) is 65.7 Å². The lowest BCUT2D eigenvalue weighted by Crippen LogP contribution is -2.49. The molecule has 1 fully saturated rings. The largest absolute Gasteiger partial charge is 0.508 e. The molecule has 1 aliphatic carbocycles. The number of amides is 1. The van der Waals surface area contributed by atoms with Gasteiger partial charge in [-0.1, -0.05) is 61.7 Å². The van der Waals surface area contributed by atoms with Crippen molar-refractivity contribution in [3.8, 4) is 5.75 Å². The zero-order chi connectivity index (χ0) is 18.4. The number of aromatic hydroxyl groups is 1.